The van der Waals surface area contributed by atoms with Crippen LogP contribution in [0.25, 0.3) is 11.1 Å². The zero-order valence-electron chi connectivity index (χ0n) is 18.0. The predicted octanol–water partition coefficient (Wildman–Crippen LogP) is 3.63. The molecule has 7 nitrogen and oxygen atoms in total. The minimum atomic E-state index is -1.05. The summed E-state index contributed by atoms with van der Waals surface area (Å²) in [6, 6.07) is 15.1. The van der Waals surface area contributed by atoms with Crippen LogP contribution in [0.1, 0.15) is 43.7 Å². The Morgan fingerprint density at radius 1 is 1.03 bits per heavy atom. The average Bonchev–Trinajstić information content (AvgIpc) is 3.08. The van der Waals surface area contributed by atoms with Crippen molar-refractivity contribution in [3.63, 3.8) is 0 Å². The summed E-state index contributed by atoms with van der Waals surface area (Å²) in [5.74, 6) is -1.35. The molecule has 0 spiro atoms. The second kappa shape index (κ2) is 9.64. The Bertz CT molecular complexity index is 928. The molecular formula is C24H28N2O5. The summed E-state index contributed by atoms with van der Waals surface area (Å²) in [4.78, 5) is 36.6. The van der Waals surface area contributed by atoms with Crippen LogP contribution in [-0.2, 0) is 14.3 Å². The van der Waals surface area contributed by atoms with Gasteiger partial charge in [-0.25, -0.2) is 9.59 Å². The fourth-order valence-corrected chi connectivity index (χ4v) is 3.81. The van der Waals surface area contributed by atoms with Crippen LogP contribution in [0.2, 0.25) is 0 Å². The van der Waals surface area contributed by atoms with Crippen molar-refractivity contribution in [2.45, 2.75) is 44.7 Å². The van der Waals surface area contributed by atoms with Crippen LogP contribution >= 0.6 is 0 Å². The number of hydrogen-bond donors (Lipinski definition) is 2. The fourth-order valence-electron chi connectivity index (χ4n) is 3.81. The smallest absolute Gasteiger partial charge is 0.407 e. The molecule has 7 heteroatoms. The van der Waals surface area contributed by atoms with Gasteiger partial charge in [-0.3, -0.25) is 4.79 Å². The number of nitrogens with one attached hydrogen (secondary N) is 1. The van der Waals surface area contributed by atoms with E-state index in [9.17, 15) is 14.4 Å². The van der Waals surface area contributed by atoms with Crippen molar-refractivity contribution in [2.75, 3.05) is 13.7 Å². The van der Waals surface area contributed by atoms with Crippen LogP contribution in [0.5, 0.6) is 0 Å². The van der Waals surface area contributed by atoms with Gasteiger partial charge in [0.25, 0.3) is 0 Å². The quantitative estimate of drug-likeness (QED) is 0.675. The summed E-state index contributed by atoms with van der Waals surface area (Å²) in [5, 5.41) is 11.8. The van der Waals surface area contributed by atoms with E-state index in [1.165, 1.54) is 30.0 Å². The number of carbonyl (C=O) groups is 3. The molecule has 2 aromatic rings. The fraction of sp³-hybridized carbons (Fsp3) is 0.375. The average molecular weight is 424 g/mol. The number of carboxylic acids is 1. The highest BCUT2D eigenvalue weighted by molar-refractivity contribution is 5.83. The maximum Gasteiger partial charge on any atom is 0.407 e. The van der Waals surface area contributed by atoms with Gasteiger partial charge >= 0.3 is 12.1 Å². The zero-order chi connectivity index (χ0) is 22.5. The number of fused-ring (bicyclic) bond motifs is 3. The summed E-state index contributed by atoms with van der Waals surface area (Å²) in [7, 11) is 1.46. The molecule has 164 valence electrons. The highest BCUT2D eigenvalue weighted by atomic mass is 16.5. The van der Waals surface area contributed by atoms with Gasteiger partial charge < -0.3 is 20.1 Å². The lowest BCUT2D eigenvalue weighted by molar-refractivity contribution is -0.148. The van der Waals surface area contributed by atoms with Crippen LogP contribution in [-0.4, -0.2) is 53.7 Å². The molecule has 2 N–H and O–H groups in total. The van der Waals surface area contributed by atoms with Crippen molar-refractivity contribution in [1.82, 2.24) is 10.2 Å². The SMILES string of the molecule is CC(CCC(=O)N(C)[C@@H](C)C(=O)O)NC(=O)OCC1c2ccccc2-c2ccccc21. The van der Waals surface area contributed by atoms with Gasteiger partial charge in [0, 0.05) is 25.4 Å². The van der Waals surface area contributed by atoms with E-state index >= 15 is 0 Å². The number of alkyl carbamates (subject to hydrolysis) is 1. The molecule has 0 aromatic heterocycles. The molecular weight excluding hydrogens is 396 g/mol. The van der Waals surface area contributed by atoms with Crippen molar-refractivity contribution < 1.29 is 24.2 Å². The number of hydrogen-bond acceptors (Lipinski definition) is 4. The standard InChI is InChI=1S/C24H28N2O5/c1-15(12-13-22(27)26(3)16(2)23(28)29)25-24(30)31-14-21-19-10-6-4-8-17(19)18-9-5-7-11-20(18)21/h4-11,15-16,21H,12-14H2,1-3H3,(H,25,30)(H,28,29)/t15?,16-/m0/s1. The second-order valence-corrected chi connectivity index (χ2v) is 7.93. The number of rotatable bonds is 8. The Morgan fingerprint density at radius 2 is 1.58 bits per heavy atom. The van der Waals surface area contributed by atoms with Gasteiger partial charge in [-0.15, -0.1) is 0 Å². The maximum absolute atomic E-state index is 12.3. The highest BCUT2D eigenvalue weighted by Crippen LogP contribution is 2.44. The molecule has 2 amide bonds. The Morgan fingerprint density at radius 3 is 2.13 bits per heavy atom. The first-order valence-electron chi connectivity index (χ1n) is 10.4. The number of benzene rings is 2. The van der Waals surface area contributed by atoms with E-state index in [0.29, 0.717) is 6.42 Å². The number of nitrogens with zero attached hydrogens (tertiary/aromatic N) is 1. The topological polar surface area (TPSA) is 95.9 Å². The third-order valence-electron chi connectivity index (χ3n) is 5.83. The highest BCUT2D eigenvalue weighted by Gasteiger charge is 2.29. The van der Waals surface area contributed by atoms with E-state index in [1.807, 2.05) is 24.3 Å². The minimum Gasteiger partial charge on any atom is -0.480 e. The first kappa shape index (κ1) is 22.3. The second-order valence-electron chi connectivity index (χ2n) is 7.93. The molecule has 0 saturated carbocycles. The lowest BCUT2D eigenvalue weighted by atomic mass is 9.98. The first-order chi connectivity index (χ1) is 14.8. The van der Waals surface area contributed by atoms with Gasteiger partial charge in [0.05, 0.1) is 0 Å². The molecule has 2 atom stereocenters. The van der Waals surface area contributed by atoms with Gasteiger partial charge in [0.15, 0.2) is 0 Å². The molecule has 0 saturated heterocycles. The molecule has 0 heterocycles. The number of aliphatic carboxylic acids is 1. The first-order valence-corrected chi connectivity index (χ1v) is 10.4. The number of likely N-dealkylation sites (N-methyl/N-ethyl adjacent to an activating group) is 1. The predicted molar refractivity (Wildman–Crippen MR) is 117 cm³/mol. The zero-order valence-corrected chi connectivity index (χ0v) is 18.0. The monoisotopic (exact) mass is 424 g/mol. The van der Waals surface area contributed by atoms with Gasteiger partial charge in [-0.2, -0.15) is 0 Å². The maximum atomic E-state index is 12.3. The summed E-state index contributed by atoms with van der Waals surface area (Å²) in [6.45, 7) is 3.47. The van der Waals surface area contributed by atoms with Crippen molar-refractivity contribution in [1.29, 1.82) is 0 Å². The minimum absolute atomic E-state index is 0.0128. The number of carbonyl (C=O) groups excluding carboxylic acids is 2. The third-order valence-corrected chi connectivity index (χ3v) is 5.83. The largest absolute Gasteiger partial charge is 0.480 e. The van der Waals surface area contributed by atoms with Gasteiger partial charge in [-0.1, -0.05) is 48.5 Å². The molecule has 0 fully saturated rings. The van der Waals surface area contributed by atoms with Crippen LogP contribution in [0.15, 0.2) is 48.5 Å². The summed E-state index contributed by atoms with van der Waals surface area (Å²) in [5.41, 5.74) is 4.62. The molecule has 0 aliphatic heterocycles. The molecule has 2 aromatic carbocycles. The Balaban J connectivity index is 1.50. The summed E-state index contributed by atoms with van der Waals surface area (Å²) in [6.07, 6.45) is -0.00683. The van der Waals surface area contributed by atoms with Gasteiger partial charge in [0.1, 0.15) is 12.6 Å². The molecule has 1 aliphatic carbocycles. The summed E-state index contributed by atoms with van der Waals surface area (Å²) >= 11 is 0. The van der Waals surface area contributed by atoms with E-state index in [-0.39, 0.29) is 30.9 Å². The lowest BCUT2D eigenvalue weighted by Crippen LogP contribution is -2.41. The third kappa shape index (κ3) is 5.05. The van der Waals surface area contributed by atoms with Crippen molar-refractivity contribution in [3.05, 3.63) is 59.7 Å². The number of carboxylic acid groups (broad SMARTS) is 1. The van der Waals surface area contributed by atoms with Gasteiger partial charge in [0.2, 0.25) is 5.91 Å². The van der Waals surface area contributed by atoms with E-state index in [4.69, 9.17) is 9.84 Å². The molecule has 31 heavy (non-hydrogen) atoms. The summed E-state index contributed by atoms with van der Waals surface area (Å²) < 4.78 is 5.51. The Labute approximate surface area is 182 Å². The van der Waals surface area contributed by atoms with Crippen LogP contribution in [0, 0.1) is 0 Å². The molecule has 0 bridgehead atoms. The number of ether oxygens (including phenoxy) is 1. The van der Waals surface area contributed by atoms with Crippen LogP contribution < -0.4 is 5.32 Å². The van der Waals surface area contributed by atoms with E-state index in [0.717, 1.165) is 11.1 Å². The van der Waals surface area contributed by atoms with Gasteiger partial charge in [-0.05, 0) is 42.5 Å². The van der Waals surface area contributed by atoms with E-state index in [2.05, 4.69) is 29.6 Å². The molecule has 0 radical (unpaired) electrons. The van der Waals surface area contributed by atoms with E-state index in [1.54, 1.807) is 6.92 Å². The normalized spacial score (nSPS) is 14.2. The van der Waals surface area contributed by atoms with Crippen molar-refractivity contribution in [2.24, 2.45) is 0 Å². The van der Waals surface area contributed by atoms with Crippen LogP contribution in [0.3, 0.4) is 0 Å². The molecule has 1 aliphatic rings. The Hall–Kier alpha value is -3.35. The van der Waals surface area contributed by atoms with E-state index < -0.39 is 18.1 Å². The van der Waals surface area contributed by atoms with Crippen LogP contribution in [0.4, 0.5) is 4.79 Å². The molecule has 1 unspecified atom stereocenters. The lowest BCUT2D eigenvalue weighted by Gasteiger charge is -2.22. The number of amides is 2. The van der Waals surface area contributed by atoms with Crippen molar-refractivity contribution >= 4 is 18.0 Å². The van der Waals surface area contributed by atoms with Crippen molar-refractivity contribution in [3.8, 4) is 11.1 Å². The Kier molecular flexibility index (Phi) is 6.95. The molecule has 3 rings (SSSR count).